The largest absolute Gasteiger partial charge is 0.545 e. The number of carboxylic acid groups (broad SMARTS) is 1. The lowest BCUT2D eigenvalue weighted by atomic mass is 10.2. The summed E-state index contributed by atoms with van der Waals surface area (Å²) in [6.07, 6.45) is 0. The maximum absolute atomic E-state index is 12.4. The van der Waals surface area contributed by atoms with Crippen molar-refractivity contribution in [2.24, 2.45) is 10.2 Å². The summed E-state index contributed by atoms with van der Waals surface area (Å²) in [6.45, 7) is 0. The maximum Gasteiger partial charge on any atom is 0.261 e. The quantitative estimate of drug-likeness (QED) is 0.662. The monoisotopic (exact) mass is 380 g/mol. The van der Waals surface area contributed by atoms with Crippen LogP contribution in [0.15, 0.2) is 94.0 Å². The lowest BCUT2D eigenvalue weighted by Crippen LogP contribution is -2.23. The van der Waals surface area contributed by atoms with Gasteiger partial charge < -0.3 is 9.90 Å². The Morgan fingerprint density at radius 3 is 2.07 bits per heavy atom. The van der Waals surface area contributed by atoms with Gasteiger partial charge in [0.1, 0.15) is 0 Å². The Labute approximate surface area is 156 Å². The van der Waals surface area contributed by atoms with Gasteiger partial charge in [0.05, 0.1) is 22.2 Å². The van der Waals surface area contributed by atoms with Gasteiger partial charge in [-0.15, -0.1) is 0 Å². The molecule has 0 aromatic heterocycles. The summed E-state index contributed by atoms with van der Waals surface area (Å²) in [4.78, 5) is 10.7. The minimum absolute atomic E-state index is 0.169. The average Bonchev–Trinajstić information content (AvgIpc) is 2.68. The zero-order valence-corrected chi connectivity index (χ0v) is 14.8. The molecule has 0 saturated carbocycles. The Balaban J connectivity index is 1.75. The number of rotatable bonds is 6. The van der Waals surface area contributed by atoms with Gasteiger partial charge in [-0.05, 0) is 54.1 Å². The van der Waals surface area contributed by atoms with Crippen molar-refractivity contribution in [2.45, 2.75) is 4.90 Å². The smallest absolute Gasteiger partial charge is 0.261 e. The summed E-state index contributed by atoms with van der Waals surface area (Å²) < 4.78 is 27.2. The second-order valence-corrected chi connectivity index (χ2v) is 7.19. The lowest BCUT2D eigenvalue weighted by Gasteiger charge is -2.10. The molecule has 0 radical (unpaired) electrons. The molecule has 0 fully saturated rings. The number of aromatic carboxylic acids is 1. The molecule has 0 aliphatic heterocycles. The van der Waals surface area contributed by atoms with Gasteiger partial charge in [0.15, 0.2) is 0 Å². The first-order valence-corrected chi connectivity index (χ1v) is 9.33. The van der Waals surface area contributed by atoms with Crippen LogP contribution in [-0.4, -0.2) is 14.4 Å². The Morgan fingerprint density at radius 1 is 0.815 bits per heavy atom. The molecule has 0 aliphatic carbocycles. The number of azo groups is 1. The third kappa shape index (κ3) is 4.77. The zero-order chi connectivity index (χ0) is 19.3. The van der Waals surface area contributed by atoms with Crippen molar-refractivity contribution in [3.63, 3.8) is 0 Å². The van der Waals surface area contributed by atoms with E-state index in [0.29, 0.717) is 17.1 Å². The number of hydrogen-bond acceptors (Lipinski definition) is 6. The minimum Gasteiger partial charge on any atom is -0.545 e. The molecule has 0 heterocycles. The van der Waals surface area contributed by atoms with Crippen molar-refractivity contribution in [3.05, 3.63) is 84.4 Å². The number of carboxylic acids is 1. The third-order valence-corrected chi connectivity index (χ3v) is 4.92. The summed E-state index contributed by atoms with van der Waals surface area (Å²) in [6, 6.07) is 20.5. The molecule has 7 nitrogen and oxygen atoms in total. The molecule has 0 amide bonds. The van der Waals surface area contributed by atoms with Crippen molar-refractivity contribution in [1.29, 1.82) is 0 Å². The van der Waals surface area contributed by atoms with Crippen LogP contribution in [-0.2, 0) is 10.0 Å². The number of benzene rings is 3. The van der Waals surface area contributed by atoms with Crippen LogP contribution in [0.3, 0.4) is 0 Å². The third-order valence-electron chi connectivity index (χ3n) is 3.54. The fourth-order valence-electron chi connectivity index (χ4n) is 2.21. The van der Waals surface area contributed by atoms with Gasteiger partial charge in [-0.2, -0.15) is 10.2 Å². The highest BCUT2D eigenvalue weighted by atomic mass is 32.2. The first-order valence-electron chi connectivity index (χ1n) is 7.85. The fraction of sp³-hybridized carbons (Fsp3) is 0. The number of hydrogen-bond donors (Lipinski definition) is 1. The van der Waals surface area contributed by atoms with E-state index in [2.05, 4.69) is 15.0 Å². The molecule has 3 aromatic carbocycles. The highest BCUT2D eigenvalue weighted by Gasteiger charge is 2.14. The van der Waals surface area contributed by atoms with E-state index in [9.17, 15) is 18.3 Å². The molecule has 0 atom stereocenters. The Kier molecular flexibility index (Phi) is 5.28. The lowest BCUT2D eigenvalue weighted by molar-refractivity contribution is -0.255. The van der Waals surface area contributed by atoms with Crippen molar-refractivity contribution in [3.8, 4) is 0 Å². The van der Waals surface area contributed by atoms with Crippen molar-refractivity contribution < 1.29 is 18.3 Å². The van der Waals surface area contributed by atoms with Crippen LogP contribution >= 0.6 is 0 Å². The van der Waals surface area contributed by atoms with E-state index in [4.69, 9.17) is 0 Å². The van der Waals surface area contributed by atoms with Gasteiger partial charge in [0.2, 0.25) is 0 Å². The molecule has 136 valence electrons. The van der Waals surface area contributed by atoms with Crippen LogP contribution in [0.1, 0.15) is 10.4 Å². The Bertz CT molecular complexity index is 1080. The number of carbonyl (C=O) groups is 1. The van der Waals surface area contributed by atoms with Gasteiger partial charge in [0.25, 0.3) is 10.0 Å². The molecule has 8 heteroatoms. The van der Waals surface area contributed by atoms with Gasteiger partial charge in [-0.1, -0.05) is 30.3 Å². The molecule has 3 rings (SSSR count). The minimum atomic E-state index is -3.93. The van der Waals surface area contributed by atoms with Crippen LogP contribution in [0.5, 0.6) is 0 Å². The summed E-state index contributed by atoms with van der Waals surface area (Å²) in [5, 5.41) is 19.1. The Morgan fingerprint density at radius 2 is 1.44 bits per heavy atom. The summed E-state index contributed by atoms with van der Waals surface area (Å²) in [5.41, 5.74) is 1.36. The second kappa shape index (κ2) is 7.79. The molecular weight excluding hydrogens is 366 g/mol. The van der Waals surface area contributed by atoms with Crippen LogP contribution in [0.4, 0.5) is 17.1 Å². The molecule has 0 aliphatic rings. The molecule has 0 saturated heterocycles. The predicted octanol–water partition coefficient (Wildman–Crippen LogP) is 3.27. The standard InChI is InChI=1S/C19H15N3O4S/c23-19(24)14-5-4-8-18(13-14)27(25,26)22-17-11-9-16(10-12-17)21-20-15-6-2-1-3-7-15/h1-13,22H,(H,23,24)/p-1. The van der Waals surface area contributed by atoms with Crippen LogP contribution < -0.4 is 9.83 Å². The highest BCUT2D eigenvalue weighted by molar-refractivity contribution is 7.92. The molecule has 3 aromatic rings. The molecule has 0 bridgehead atoms. The summed E-state index contributed by atoms with van der Waals surface area (Å²) >= 11 is 0. The van der Waals surface area contributed by atoms with E-state index in [1.807, 2.05) is 30.3 Å². The Hall–Kier alpha value is -3.52. The van der Waals surface area contributed by atoms with Gasteiger partial charge >= 0.3 is 0 Å². The topological polar surface area (TPSA) is 111 Å². The van der Waals surface area contributed by atoms with E-state index >= 15 is 0 Å². The zero-order valence-electron chi connectivity index (χ0n) is 13.9. The number of carbonyl (C=O) groups excluding carboxylic acids is 1. The van der Waals surface area contributed by atoms with E-state index in [0.717, 1.165) is 6.07 Å². The first-order chi connectivity index (χ1) is 12.9. The average molecular weight is 380 g/mol. The van der Waals surface area contributed by atoms with Crippen LogP contribution in [0, 0.1) is 0 Å². The summed E-state index contributed by atoms with van der Waals surface area (Å²) in [7, 11) is -3.93. The highest BCUT2D eigenvalue weighted by Crippen LogP contribution is 2.22. The normalized spacial score (nSPS) is 11.4. The number of nitrogens with zero attached hydrogens (tertiary/aromatic N) is 2. The number of anilines is 1. The second-order valence-electron chi connectivity index (χ2n) is 5.50. The predicted molar refractivity (Wildman–Crippen MR) is 98.6 cm³/mol. The number of nitrogens with one attached hydrogen (secondary N) is 1. The number of sulfonamides is 1. The van der Waals surface area contributed by atoms with Crippen LogP contribution in [0.2, 0.25) is 0 Å². The first kappa shape index (κ1) is 18.3. The maximum atomic E-state index is 12.4. The van der Waals surface area contributed by atoms with E-state index < -0.39 is 16.0 Å². The molecule has 0 unspecified atom stereocenters. The molecular formula is C19H14N3O4S-. The van der Waals surface area contributed by atoms with Crippen molar-refractivity contribution >= 4 is 33.1 Å². The van der Waals surface area contributed by atoms with E-state index in [1.54, 1.807) is 24.3 Å². The molecule has 27 heavy (non-hydrogen) atoms. The fourth-order valence-corrected chi connectivity index (χ4v) is 3.31. The van der Waals surface area contributed by atoms with Gasteiger partial charge in [-0.3, -0.25) is 4.72 Å². The summed E-state index contributed by atoms with van der Waals surface area (Å²) in [5.74, 6) is -1.44. The SMILES string of the molecule is O=C([O-])c1cccc(S(=O)(=O)Nc2ccc(N=Nc3ccccc3)cc2)c1. The molecule has 0 spiro atoms. The van der Waals surface area contributed by atoms with Gasteiger partial charge in [0, 0.05) is 5.69 Å². The van der Waals surface area contributed by atoms with Gasteiger partial charge in [-0.25, -0.2) is 8.42 Å². The molecule has 1 N–H and O–H groups in total. The van der Waals surface area contributed by atoms with E-state index in [1.165, 1.54) is 18.2 Å². The van der Waals surface area contributed by atoms with Crippen molar-refractivity contribution in [2.75, 3.05) is 4.72 Å². The van der Waals surface area contributed by atoms with Crippen LogP contribution in [0.25, 0.3) is 0 Å². The van der Waals surface area contributed by atoms with E-state index in [-0.39, 0.29) is 10.5 Å². The van der Waals surface area contributed by atoms with Crippen molar-refractivity contribution in [1.82, 2.24) is 0 Å².